The second-order valence-corrected chi connectivity index (χ2v) is 2.82. The molecule has 0 fully saturated rings. The summed E-state index contributed by atoms with van der Waals surface area (Å²) < 4.78 is 0. The molecule has 0 spiro atoms. The smallest absolute Gasteiger partial charge is 0.0991 e. The Kier molecular flexibility index (Phi) is 3.66. The number of hydrogen-bond acceptors (Lipinski definition) is 2. The van der Waals surface area contributed by atoms with E-state index in [2.05, 4.69) is 6.58 Å². The molecule has 0 aromatic heterocycles. The summed E-state index contributed by atoms with van der Waals surface area (Å²) in [5.74, 6) is 0. The van der Waals surface area contributed by atoms with Gasteiger partial charge in [-0.3, -0.25) is 0 Å². The van der Waals surface area contributed by atoms with Crippen LogP contribution in [-0.2, 0) is 6.61 Å². The van der Waals surface area contributed by atoms with Gasteiger partial charge in [-0.2, -0.15) is 5.26 Å². The van der Waals surface area contributed by atoms with Crippen molar-refractivity contribution in [1.82, 2.24) is 0 Å². The van der Waals surface area contributed by atoms with Gasteiger partial charge in [0.15, 0.2) is 0 Å². The number of rotatable bonds is 3. The van der Waals surface area contributed by atoms with Crippen molar-refractivity contribution in [2.45, 2.75) is 6.61 Å². The first-order valence-electron chi connectivity index (χ1n) is 4.24. The zero-order valence-corrected chi connectivity index (χ0v) is 7.77. The first-order chi connectivity index (χ1) is 6.80. The molecule has 1 aromatic rings. The summed E-state index contributed by atoms with van der Waals surface area (Å²) in [6, 6.07) is 9.38. The molecule has 0 aliphatic heterocycles. The number of nitriles is 1. The number of allylic oxidation sites excluding steroid dienone is 2. The van der Waals surface area contributed by atoms with Crippen LogP contribution in [0, 0.1) is 11.3 Å². The lowest BCUT2D eigenvalue weighted by atomic mass is 10.1. The predicted molar refractivity (Wildman–Crippen MR) is 56.2 cm³/mol. The Hall–Kier alpha value is -1.85. The van der Waals surface area contributed by atoms with E-state index in [9.17, 15) is 0 Å². The quantitative estimate of drug-likeness (QED) is 0.580. The first kappa shape index (κ1) is 10.2. The summed E-state index contributed by atoms with van der Waals surface area (Å²) in [5, 5.41) is 17.5. The minimum Gasteiger partial charge on any atom is -0.392 e. The van der Waals surface area contributed by atoms with Crippen LogP contribution in [0.5, 0.6) is 0 Å². The second kappa shape index (κ2) is 5.00. The van der Waals surface area contributed by atoms with E-state index < -0.39 is 0 Å². The van der Waals surface area contributed by atoms with Crippen molar-refractivity contribution in [3.63, 3.8) is 0 Å². The van der Waals surface area contributed by atoms with E-state index in [1.165, 1.54) is 6.08 Å². The molecular formula is C12H11NO. The summed E-state index contributed by atoms with van der Waals surface area (Å²) >= 11 is 0. The Balaban J connectivity index is 2.94. The molecule has 0 aliphatic carbocycles. The van der Waals surface area contributed by atoms with Crippen molar-refractivity contribution >= 4 is 6.08 Å². The maximum absolute atomic E-state index is 8.82. The van der Waals surface area contributed by atoms with Crippen LogP contribution in [0.4, 0.5) is 0 Å². The summed E-state index contributed by atoms with van der Waals surface area (Å²) in [7, 11) is 0. The van der Waals surface area contributed by atoms with Gasteiger partial charge in [0.25, 0.3) is 0 Å². The van der Waals surface area contributed by atoms with E-state index in [4.69, 9.17) is 10.4 Å². The zero-order valence-electron chi connectivity index (χ0n) is 7.77. The molecule has 0 amide bonds. The van der Waals surface area contributed by atoms with Gasteiger partial charge in [-0.15, -0.1) is 0 Å². The van der Waals surface area contributed by atoms with E-state index >= 15 is 0 Å². The largest absolute Gasteiger partial charge is 0.392 e. The van der Waals surface area contributed by atoms with Crippen LogP contribution in [0.1, 0.15) is 11.1 Å². The molecule has 2 nitrogen and oxygen atoms in total. The fraction of sp³-hybridized carbons (Fsp3) is 0.0833. The van der Waals surface area contributed by atoms with Crippen molar-refractivity contribution in [1.29, 1.82) is 5.26 Å². The molecule has 1 N–H and O–H groups in total. The van der Waals surface area contributed by atoms with E-state index in [1.807, 2.05) is 30.3 Å². The van der Waals surface area contributed by atoms with E-state index in [0.717, 1.165) is 11.1 Å². The van der Waals surface area contributed by atoms with Crippen LogP contribution >= 0.6 is 0 Å². The number of hydrogen-bond donors (Lipinski definition) is 1. The summed E-state index contributed by atoms with van der Waals surface area (Å²) in [6.07, 6.45) is 3.26. The summed E-state index contributed by atoms with van der Waals surface area (Å²) in [5.41, 5.74) is 2.32. The molecule has 0 saturated heterocycles. The number of aliphatic hydroxyl groups is 1. The molecule has 0 bridgehead atoms. The molecule has 0 heterocycles. The van der Waals surface area contributed by atoms with Crippen LogP contribution < -0.4 is 0 Å². The van der Waals surface area contributed by atoms with Gasteiger partial charge >= 0.3 is 0 Å². The maximum atomic E-state index is 8.82. The normalized spacial score (nSPS) is 10.7. The molecule has 0 radical (unpaired) electrons. The van der Waals surface area contributed by atoms with Gasteiger partial charge < -0.3 is 5.11 Å². The molecule has 0 aliphatic rings. The average molecular weight is 185 g/mol. The zero-order chi connectivity index (χ0) is 10.4. The molecule has 70 valence electrons. The minimum absolute atomic E-state index is 0.0383. The predicted octanol–water partition coefficient (Wildman–Crippen LogP) is 2.27. The highest BCUT2D eigenvalue weighted by Gasteiger charge is 1.92. The Morgan fingerprint density at radius 1 is 1.43 bits per heavy atom. The SMILES string of the molecule is C=C/C(C#N)=C/c1ccc(CO)cc1. The monoisotopic (exact) mass is 185 g/mol. The number of benzene rings is 1. The van der Waals surface area contributed by atoms with E-state index in [1.54, 1.807) is 6.08 Å². The summed E-state index contributed by atoms with van der Waals surface area (Å²) in [6.45, 7) is 3.57. The van der Waals surface area contributed by atoms with Gasteiger partial charge in [-0.25, -0.2) is 0 Å². The van der Waals surface area contributed by atoms with Crippen molar-refractivity contribution < 1.29 is 5.11 Å². The maximum Gasteiger partial charge on any atom is 0.0991 e. The highest BCUT2D eigenvalue weighted by atomic mass is 16.3. The first-order valence-corrected chi connectivity index (χ1v) is 4.24. The highest BCUT2D eigenvalue weighted by Crippen LogP contribution is 2.09. The van der Waals surface area contributed by atoms with Gasteiger partial charge in [-0.05, 0) is 17.2 Å². The number of aliphatic hydroxyl groups excluding tert-OH is 1. The summed E-state index contributed by atoms with van der Waals surface area (Å²) in [4.78, 5) is 0. The highest BCUT2D eigenvalue weighted by molar-refractivity contribution is 5.60. The molecule has 0 saturated carbocycles. The van der Waals surface area contributed by atoms with Crippen molar-refractivity contribution in [2.75, 3.05) is 0 Å². The molecular weight excluding hydrogens is 174 g/mol. The van der Waals surface area contributed by atoms with Crippen LogP contribution in [0.2, 0.25) is 0 Å². The second-order valence-electron chi connectivity index (χ2n) is 2.82. The molecule has 1 rings (SSSR count). The third-order valence-corrected chi connectivity index (χ3v) is 1.83. The Morgan fingerprint density at radius 3 is 2.50 bits per heavy atom. The van der Waals surface area contributed by atoms with Crippen LogP contribution in [0.3, 0.4) is 0 Å². The standard InChI is InChI=1S/C12H11NO/c1-2-10(8-13)7-11-3-5-12(9-14)6-4-11/h2-7,14H,1,9H2/b10-7-. The fourth-order valence-electron chi connectivity index (χ4n) is 1.04. The minimum atomic E-state index is 0.0383. The van der Waals surface area contributed by atoms with Gasteiger partial charge in [0.2, 0.25) is 0 Å². The van der Waals surface area contributed by atoms with E-state index in [-0.39, 0.29) is 6.61 Å². The van der Waals surface area contributed by atoms with Crippen molar-refractivity contribution in [3.8, 4) is 6.07 Å². The Labute approximate surface area is 83.4 Å². The average Bonchev–Trinajstić information content (AvgIpc) is 2.26. The van der Waals surface area contributed by atoms with Crippen LogP contribution in [0.15, 0.2) is 42.5 Å². The molecule has 1 aromatic carbocycles. The Morgan fingerprint density at radius 2 is 2.07 bits per heavy atom. The number of nitrogens with zero attached hydrogens (tertiary/aromatic N) is 1. The van der Waals surface area contributed by atoms with Gasteiger partial charge in [-0.1, -0.05) is 36.9 Å². The Bertz CT molecular complexity index is 382. The lowest BCUT2D eigenvalue weighted by molar-refractivity contribution is 0.282. The molecule has 0 unspecified atom stereocenters. The van der Waals surface area contributed by atoms with Gasteiger partial charge in [0, 0.05) is 0 Å². The van der Waals surface area contributed by atoms with Crippen molar-refractivity contribution in [3.05, 3.63) is 53.6 Å². The fourth-order valence-corrected chi connectivity index (χ4v) is 1.04. The van der Waals surface area contributed by atoms with Crippen molar-refractivity contribution in [2.24, 2.45) is 0 Å². The molecule has 2 heteroatoms. The third kappa shape index (κ3) is 2.58. The van der Waals surface area contributed by atoms with Gasteiger partial charge in [0.05, 0.1) is 18.2 Å². The molecule has 0 atom stereocenters. The van der Waals surface area contributed by atoms with E-state index in [0.29, 0.717) is 5.57 Å². The van der Waals surface area contributed by atoms with Gasteiger partial charge in [0.1, 0.15) is 0 Å². The third-order valence-electron chi connectivity index (χ3n) is 1.83. The topological polar surface area (TPSA) is 44.0 Å². The lowest BCUT2D eigenvalue weighted by Gasteiger charge is -1.97. The lowest BCUT2D eigenvalue weighted by Crippen LogP contribution is -1.82. The molecule has 14 heavy (non-hydrogen) atoms. The van der Waals surface area contributed by atoms with Crippen LogP contribution in [-0.4, -0.2) is 5.11 Å². The van der Waals surface area contributed by atoms with Crippen LogP contribution in [0.25, 0.3) is 6.08 Å².